The largest absolute Gasteiger partial charge is 0.459 e. The molecule has 2 atom stereocenters. The molecule has 0 aromatic heterocycles. The first-order valence-electron chi connectivity index (χ1n) is 6.01. The number of carbonyl (C=O) groups excluding carboxylic acids is 1. The molecule has 1 aliphatic heterocycles. The van der Waals surface area contributed by atoms with E-state index >= 15 is 0 Å². The standard InChI is InChI=1S/C12H19F2NO2/c1-10(2,3)17-9(16)11-5-4-8(6-15-7-11)12(11,13)14/h8,15H,4-7H2,1-3H3. The summed E-state index contributed by atoms with van der Waals surface area (Å²) in [5.74, 6) is -4.44. The first-order chi connectivity index (χ1) is 7.69. The van der Waals surface area contributed by atoms with E-state index < -0.39 is 28.8 Å². The highest BCUT2D eigenvalue weighted by Crippen LogP contribution is 2.56. The summed E-state index contributed by atoms with van der Waals surface area (Å²) in [4.78, 5) is 12.1. The van der Waals surface area contributed by atoms with Gasteiger partial charge in [-0.1, -0.05) is 0 Å². The van der Waals surface area contributed by atoms with Crippen molar-refractivity contribution in [2.75, 3.05) is 13.1 Å². The third kappa shape index (κ3) is 1.84. The van der Waals surface area contributed by atoms with Gasteiger partial charge >= 0.3 is 5.97 Å². The van der Waals surface area contributed by atoms with E-state index in [9.17, 15) is 13.6 Å². The Balaban J connectivity index is 2.26. The Kier molecular flexibility index (Phi) is 2.73. The van der Waals surface area contributed by atoms with Gasteiger partial charge in [0.25, 0.3) is 5.92 Å². The lowest BCUT2D eigenvalue weighted by Gasteiger charge is -2.40. The number of rotatable bonds is 1. The highest BCUT2D eigenvalue weighted by molar-refractivity contribution is 5.80. The fourth-order valence-corrected chi connectivity index (χ4v) is 2.74. The Bertz CT molecular complexity index is 334. The molecule has 0 radical (unpaired) electrons. The number of hydrogen-bond acceptors (Lipinski definition) is 3. The molecule has 2 rings (SSSR count). The van der Waals surface area contributed by atoms with E-state index in [0.717, 1.165) is 0 Å². The van der Waals surface area contributed by atoms with Crippen LogP contribution < -0.4 is 5.32 Å². The van der Waals surface area contributed by atoms with Gasteiger partial charge in [0.1, 0.15) is 11.0 Å². The first kappa shape index (κ1) is 12.7. The van der Waals surface area contributed by atoms with Crippen LogP contribution in [0.1, 0.15) is 33.6 Å². The van der Waals surface area contributed by atoms with Gasteiger partial charge < -0.3 is 10.1 Å². The van der Waals surface area contributed by atoms with Crippen molar-refractivity contribution in [2.24, 2.45) is 11.3 Å². The minimum absolute atomic E-state index is 0.0193. The lowest BCUT2D eigenvalue weighted by Crippen LogP contribution is -2.59. The number of fused-ring (bicyclic) bond motifs is 2. The molecule has 1 aliphatic carbocycles. The molecule has 2 aliphatic rings. The summed E-state index contributed by atoms with van der Waals surface area (Å²) in [5.41, 5.74) is -2.37. The smallest absolute Gasteiger partial charge is 0.320 e. The Morgan fingerprint density at radius 2 is 2.06 bits per heavy atom. The molecule has 17 heavy (non-hydrogen) atoms. The number of alkyl halides is 2. The first-order valence-corrected chi connectivity index (χ1v) is 6.01. The highest BCUT2D eigenvalue weighted by Gasteiger charge is 2.69. The molecule has 2 fully saturated rings. The molecule has 1 N–H and O–H groups in total. The monoisotopic (exact) mass is 247 g/mol. The van der Waals surface area contributed by atoms with Crippen LogP contribution >= 0.6 is 0 Å². The third-order valence-electron chi connectivity index (χ3n) is 3.68. The maximum Gasteiger partial charge on any atom is 0.320 e. The minimum atomic E-state index is -2.94. The maximum absolute atomic E-state index is 14.2. The van der Waals surface area contributed by atoms with Crippen molar-refractivity contribution < 1.29 is 18.3 Å². The van der Waals surface area contributed by atoms with Crippen LogP contribution in [0.15, 0.2) is 0 Å². The van der Waals surface area contributed by atoms with Gasteiger partial charge in [-0.15, -0.1) is 0 Å². The van der Waals surface area contributed by atoms with Gasteiger partial charge in [0, 0.05) is 19.0 Å². The molecule has 0 amide bonds. The van der Waals surface area contributed by atoms with Gasteiger partial charge in [0.15, 0.2) is 0 Å². The van der Waals surface area contributed by atoms with Crippen molar-refractivity contribution in [3.8, 4) is 0 Å². The summed E-state index contributed by atoms with van der Waals surface area (Å²) >= 11 is 0. The van der Waals surface area contributed by atoms with E-state index in [4.69, 9.17) is 4.74 Å². The topological polar surface area (TPSA) is 38.3 Å². The molecule has 2 bridgehead atoms. The third-order valence-corrected chi connectivity index (χ3v) is 3.68. The number of carbonyl (C=O) groups is 1. The summed E-state index contributed by atoms with van der Waals surface area (Å²) in [7, 11) is 0. The van der Waals surface area contributed by atoms with Crippen LogP contribution in [0.2, 0.25) is 0 Å². The number of halogens is 2. The van der Waals surface area contributed by atoms with Crippen molar-refractivity contribution >= 4 is 5.97 Å². The Morgan fingerprint density at radius 3 is 2.65 bits per heavy atom. The van der Waals surface area contributed by atoms with Crippen molar-refractivity contribution in [2.45, 2.75) is 45.1 Å². The van der Waals surface area contributed by atoms with Crippen molar-refractivity contribution in [3.05, 3.63) is 0 Å². The zero-order valence-electron chi connectivity index (χ0n) is 10.5. The van der Waals surface area contributed by atoms with Crippen LogP contribution in [0.3, 0.4) is 0 Å². The van der Waals surface area contributed by atoms with Crippen LogP contribution in [0.5, 0.6) is 0 Å². The lowest BCUT2D eigenvalue weighted by molar-refractivity contribution is -0.199. The Morgan fingerprint density at radius 1 is 1.41 bits per heavy atom. The second-order valence-electron chi connectivity index (χ2n) is 6.07. The van der Waals surface area contributed by atoms with Crippen LogP contribution in [0.4, 0.5) is 8.78 Å². The maximum atomic E-state index is 14.2. The number of ether oxygens (including phenoxy) is 1. The lowest BCUT2D eigenvalue weighted by atomic mass is 9.79. The zero-order chi connectivity index (χ0) is 12.9. The summed E-state index contributed by atoms with van der Waals surface area (Å²) in [6.07, 6.45) is 0.603. The van der Waals surface area contributed by atoms with Gasteiger partial charge in [-0.25, -0.2) is 8.78 Å². The van der Waals surface area contributed by atoms with Crippen molar-refractivity contribution in [1.82, 2.24) is 5.32 Å². The van der Waals surface area contributed by atoms with E-state index in [1.807, 2.05) is 0 Å². The zero-order valence-corrected chi connectivity index (χ0v) is 10.5. The number of esters is 1. The minimum Gasteiger partial charge on any atom is -0.459 e. The Hall–Kier alpha value is -0.710. The number of hydrogen-bond donors (Lipinski definition) is 1. The van der Waals surface area contributed by atoms with Gasteiger partial charge in [0.05, 0.1) is 0 Å². The molecule has 5 heteroatoms. The van der Waals surface area contributed by atoms with E-state index in [1.54, 1.807) is 20.8 Å². The molecular weight excluding hydrogens is 228 g/mol. The summed E-state index contributed by atoms with van der Waals surface area (Å²) in [6.45, 7) is 5.40. The van der Waals surface area contributed by atoms with Crippen LogP contribution in [-0.2, 0) is 9.53 Å². The van der Waals surface area contributed by atoms with Gasteiger partial charge in [-0.05, 0) is 33.6 Å². The highest BCUT2D eigenvalue weighted by atomic mass is 19.3. The second kappa shape index (κ2) is 3.64. The molecule has 1 saturated heterocycles. The second-order valence-corrected chi connectivity index (χ2v) is 6.07. The molecule has 3 nitrogen and oxygen atoms in total. The predicted octanol–water partition coefficient (Wildman–Crippen LogP) is 1.96. The molecule has 0 aromatic carbocycles. The number of piperidine rings is 1. The molecular formula is C12H19F2NO2. The summed E-state index contributed by atoms with van der Waals surface area (Å²) in [5, 5.41) is 2.93. The fraction of sp³-hybridized carbons (Fsp3) is 0.917. The van der Waals surface area contributed by atoms with Crippen LogP contribution in [0, 0.1) is 11.3 Å². The normalized spacial score (nSPS) is 35.7. The van der Waals surface area contributed by atoms with Crippen molar-refractivity contribution in [1.29, 1.82) is 0 Å². The average molecular weight is 247 g/mol. The van der Waals surface area contributed by atoms with E-state index in [-0.39, 0.29) is 19.5 Å². The summed E-state index contributed by atoms with van der Waals surface area (Å²) in [6, 6.07) is 0. The molecule has 2 unspecified atom stereocenters. The van der Waals surface area contributed by atoms with E-state index in [1.165, 1.54) is 0 Å². The van der Waals surface area contributed by atoms with Gasteiger partial charge in [-0.3, -0.25) is 4.79 Å². The fourth-order valence-electron chi connectivity index (χ4n) is 2.74. The quantitative estimate of drug-likeness (QED) is 0.720. The molecule has 0 aromatic rings. The SMILES string of the molecule is CC(C)(C)OC(=O)C12CCC(CNC1)C2(F)F. The van der Waals surface area contributed by atoms with Gasteiger partial charge in [0.2, 0.25) is 0 Å². The molecule has 0 spiro atoms. The molecule has 98 valence electrons. The molecule has 1 saturated carbocycles. The Labute approximate surface area is 99.9 Å². The summed E-state index contributed by atoms with van der Waals surface area (Å²) < 4.78 is 33.6. The van der Waals surface area contributed by atoms with Crippen molar-refractivity contribution in [3.63, 3.8) is 0 Å². The predicted molar refractivity (Wildman–Crippen MR) is 58.8 cm³/mol. The van der Waals surface area contributed by atoms with Crippen LogP contribution in [0.25, 0.3) is 0 Å². The average Bonchev–Trinajstić information content (AvgIpc) is 2.36. The van der Waals surface area contributed by atoms with E-state index in [2.05, 4.69) is 5.32 Å². The molecule has 1 heterocycles. The van der Waals surface area contributed by atoms with E-state index in [0.29, 0.717) is 6.42 Å². The van der Waals surface area contributed by atoms with Gasteiger partial charge in [-0.2, -0.15) is 0 Å². The van der Waals surface area contributed by atoms with Crippen LogP contribution in [-0.4, -0.2) is 30.6 Å². The number of nitrogens with one attached hydrogen (secondary N) is 1.